The summed E-state index contributed by atoms with van der Waals surface area (Å²) in [6.07, 6.45) is 2.53. The monoisotopic (exact) mass is 467 g/mol. The molecule has 1 amide bonds. The van der Waals surface area contributed by atoms with Crippen LogP contribution in [0.15, 0.2) is 34.8 Å². The summed E-state index contributed by atoms with van der Waals surface area (Å²) >= 11 is 3.45. The van der Waals surface area contributed by atoms with E-state index in [1.807, 2.05) is 49.1 Å². The van der Waals surface area contributed by atoms with Crippen LogP contribution in [-0.2, 0) is 10.0 Å². The average Bonchev–Trinajstić information content (AvgIpc) is 2.95. The van der Waals surface area contributed by atoms with Crippen molar-refractivity contribution in [2.24, 2.45) is 0 Å². The first-order valence-electron chi connectivity index (χ1n) is 9.26. The lowest BCUT2D eigenvalue weighted by Crippen LogP contribution is -2.47. The van der Waals surface area contributed by atoms with Crippen LogP contribution in [0.2, 0.25) is 0 Å². The van der Waals surface area contributed by atoms with Crippen molar-refractivity contribution in [3.63, 3.8) is 0 Å². The lowest BCUT2D eigenvalue weighted by atomic mass is 10.0. The molecule has 0 N–H and O–H groups in total. The molecular weight excluding hydrogens is 442 g/mol. The van der Waals surface area contributed by atoms with Crippen LogP contribution < -0.4 is 0 Å². The first kappa shape index (κ1) is 21.1. The summed E-state index contributed by atoms with van der Waals surface area (Å²) in [7, 11) is -1.60. The van der Waals surface area contributed by atoms with E-state index in [4.69, 9.17) is 0 Å². The average molecular weight is 468 g/mol. The van der Waals surface area contributed by atoms with Crippen molar-refractivity contribution in [1.82, 2.24) is 13.8 Å². The van der Waals surface area contributed by atoms with Gasteiger partial charge in [0.2, 0.25) is 10.0 Å². The number of piperidine rings is 1. The Morgan fingerprint density at radius 3 is 2.25 bits per heavy atom. The van der Waals surface area contributed by atoms with Crippen LogP contribution in [-0.4, -0.2) is 60.5 Å². The quantitative estimate of drug-likeness (QED) is 0.692. The smallest absolute Gasteiger partial charge is 0.255 e. The number of aryl methyl sites for hydroxylation is 1. The normalized spacial score (nSPS) is 16.0. The van der Waals surface area contributed by atoms with E-state index in [-0.39, 0.29) is 11.9 Å². The summed E-state index contributed by atoms with van der Waals surface area (Å²) in [5, 5.41) is 0. The number of hydrogen-bond acceptors (Lipinski definition) is 3. The molecule has 152 valence electrons. The standard InChI is InChI=1S/C20H26BrN3O3S/c1-14-13-19(15(2)24(14)18-7-5-16(21)6-8-18)20(25)23-11-9-17(10-12-23)22(3)28(4,26)27/h5-8,13,17H,9-12H2,1-4H3. The molecule has 0 atom stereocenters. The van der Waals surface area contributed by atoms with Gasteiger partial charge in [-0.1, -0.05) is 15.9 Å². The van der Waals surface area contributed by atoms with Gasteiger partial charge in [0.1, 0.15) is 0 Å². The van der Waals surface area contributed by atoms with Gasteiger partial charge >= 0.3 is 0 Å². The molecule has 2 heterocycles. The number of halogens is 1. The molecule has 1 saturated heterocycles. The fourth-order valence-electron chi connectivity index (χ4n) is 3.84. The van der Waals surface area contributed by atoms with Gasteiger partial charge in [-0.3, -0.25) is 4.79 Å². The zero-order chi connectivity index (χ0) is 20.6. The molecule has 1 aromatic carbocycles. The number of benzene rings is 1. The van der Waals surface area contributed by atoms with Gasteiger partial charge in [0.05, 0.1) is 11.8 Å². The molecule has 0 unspecified atom stereocenters. The van der Waals surface area contributed by atoms with Crippen molar-refractivity contribution < 1.29 is 13.2 Å². The maximum absolute atomic E-state index is 13.1. The van der Waals surface area contributed by atoms with Crippen molar-refractivity contribution in [2.45, 2.75) is 32.7 Å². The van der Waals surface area contributed by atoms with Crippen LogP contribution >= 0.6 is 15.9 Å². The van der Waals surface area contributed by atoms with E-state index in [2.05, 4.69) is 20.5 Å². The molecule has 0 radical (unpaired) electrons. The van der Waals surface area contributed by atoms with Crippen molar-refractivity contribution >= 4 is 31.9 Å². The van der Waals surface area contributed by atoms with Gasteiger partial charge in [0, 0.05) is 47.7 Å². The van der Waals surface area contributed by atoms with Gasteiger partial charge in [-0.25, -0.2) is 12.7 Å². The van der Waals surface area contributed by atoms with Gasteiger partial charge < -0.3 is 9.47 Å². The molecule has 3 rings (SSSR count). The Balaban J connectivity index is 1.77. The fourth-order valence-corrected chi connectivity index (χ4v) is 4.86. The molecule has 0 aliphatic carbocycles. The molecule has 6 nitrogen and oxygen atoms in total. The lowest BCUT2D eigenvalue weighted by molar-refractivity contribution is 0.0685. The number of carbonyl (C=O) groups excluding carboxylic acids is 1. The first-order valence-corrected chi connectivity index (χ1v) is 11.9. The highest BCUT2D eigenvalue weighted by Crippen LogP contribution is 2.25. The van der Waals surface area contributed by atoms with Crippen LogP contribution in [0.3, 0.4) is 0 Å². The molecule has 0 bridgehead atoms. The Morgan fingerprint density at radius 2 is 1.71 bits per heavy atom. The van der Waals surface area contributed by atoms with Crippen LogP contribution in [0.25, 0.3) is 5.69 Å². The zero-order valence-corrected chi connectivity index (χ0v) is 19.0. The second-order valence-electron chi connectivity index (χ2n) is 7.40. The van der Waals surface area contributed by atoms with Crippen molar-refractivity contribution in [2.75, 3.05) is 26.4 Å². The third kappa shape index (κ3) is 4.18. The maximum atomic E-state index is 13.1. The van der Waals surface area contributed by atoms with E-state index in [1.54, 1.807) is 7.05 Å². The number of amides is 1. The Kier molecular flexibility index (Phi) is 6.03. The van der Waals surface area contributed by atoms with Crippen LogP contribution in [0.1, 0.15) is 34.6 Å². The predicted octanol–water partition coefficient (Wildman–Crippen LogP) is 3.35. The summed E-state index contributed by atoms with van der Waals surface area (Å²) in [5.74, 6) is 0.0110. The number of nitrogens with zero attached hydrogens (tertiary/aromatic N) is 3. The second kappa shape index (κ2) is 8.00. The zero-order valence-electron chi connectivity index (χ0n) is 16.6. The number of sulfonamides is 1. The highest BCUT2D eigenvalue weighted by molar-refractivity contribution is 9.10. The minimum Gasteiger partial charge on any atom is -0.338 e. The summed E-state index contributed by atoms with van der Waals surface area (Å²) < 4.78 is 28.0. The Bertz CT molecular complexity index is 975. The van der Waals surface area contributed by atoms with Gasteiger partial charge in [-0.2, -0.15) is 0 Å². The van der Waals surface area contributed by atoms with Crippen LogP contribution in [0, 0.1) is 13.8 Å². The van der Waals surface area contributed by atoms with E-state index in [9.17, 15) is 13.2 Å². The minimum atomic E-state index is -3.21. The number of aromatic nitrogens is 1. The molecule has 1 aliphatic rings. The molecule has 1 fully saturated rings. The Hall–Kier alpha value is -1.64. The topological polar surface area (TPSA) is 62.6 Å². The number of hydrogen-bond donors (Lipinski definition) is 0. The third-order valence-corrected chi connectivity index (χ3v) is 7.41. The highest BCUT2D eigenvalue weighted by atomic mass is 79.9. The molecule has 2 aromatic rings. The van der Waals surface area contributed by atoms with Gasteiger partial charge in [0.15, 0.2) is 0 Å². The summed E-state index contributed by atoms with van der Waals surface area (Å²) in [6, 6.07) is 9.90. The largest absolute Gasteiger partial charge is 0.338 e. The summed E-state index contributed by atoms with van der Waals surface area (Å²) in [6.45, 7) is 5.09. The van der Waals surface area contributed by atoms with E-state index in [0.717, 1.165) is 21.5 Å². The number of carbonyl (C=O) groups is 1. The van der Waals surface area contributed by atoms with E-state index < -0.39 is 10.0 Å². The van der Waals surface area contributed by atoms with E-state index >= 15 is 0 Å². The second-order valence-corrected chi connectivity index (χ2v) is 10.4. The molecule has 8 heteroatoms. The van der Waals surface area contributed by atoms with Gasteiger partial charge in [0.25, 0.3) is 5.91 Å². The van der Waals surface area contributed by atoms with Crippen molar-refractivity contribution in [3.05, 3.63) is 51.8 Å². The third-order valence-electron chi connectivity index (χ3n) is 5.54. The molecule has 1 aliphatic heterocycles. The summed E-state index contributed by atoms with van der Waals surface area (Å²) in [4.78, 5) is 15.0. The fraction of sp³-hybridized carbons (Fsp3) is 0.450. The van der Waals surface area contributed by atoms with Gasteiger partial charge in [-0.15, -0.1) is 0 Å². The molecule has 0 saturated carbocycles. The SMILES string of the molecule is Cc1cc(C(=O)N2CCC(N(C)S(C)(=O)=O)CC2)c(C)n1-c1ccc(Br)cc1. The Labute approximate surface area is 175 Å². The lowest BCUT2D eigenvalue weighted by Gasteiger charge is -2.35. The first-order chi connectivity index (χ1) is 13.1. The molecular formula is C20H26BrN3O3S. The minimum absolute atomic E-state index is 0.0110. The van der Waals surface area contributed by atoms with Crippen LogP contribution in [0.5, 0.6) is 0 Å². The van der Waals surface area contributed by atoms with Crippen molar-refractivity contribution in [1.29, 1.82) is 0 Å². The molecule has 1 aromatic heterocycles. The van der Waals surface area contributed by atoms with Gasteiger partial charge in [-0.05, 0) is 57.0 Å². The van der Waals surface area contributed by atoms with E-state index in [1.165, 1.54) is 10.6 Å². The predicted molar refractivity (Wildman–Crippen MR) is 114 cm³/mol. The molecule has 0 spiro atoms. The number of likely N-dealkylation sites (tertiary alicyclic amines) is 1. The highest BCUT2D eigenvalue weighted by Gasteiger charge is 2.30. The van der Waals surface area contributed by atoms with E-state index in [0.29, 0.717) is 31.5 Å². The van der Waals surface area contributed by atoms with Crippen molar-refractivity contribution in [3.8, 4) is 5.69 Å². The Morgan fingerprint density at radius 1 is 1.14 bits per heavy atom. The summed E-state index contributed by atoms with van der Waals surface area (Å²) in [5.41, 5.74) is 3.65. The molecule has 28 heavy (non-hydrogen) atoms. The number of rotatable bonds is 4. The van der Waals surface area contributed by atoms with Crippen LogP contribution in [0.4, 0.5) is 0 Å². The maximum Gasteiger partial charge on any atom is 0.255 e.